The van der Waals surface area contributed by atoms with Gasteiger partial charge in [-0.3, -0.25) is 10.1 Å². The van der Waals surface area contributed by atoms with Crippen molar-refractivity contribution >= 4 is 5.97 Å². The molecule has 1 fully saturated rings. The lowest BCUT2D eigenvalue weighted by molar-refractivity contribution is -0.158. The number of aliphatic hydroxyl groups excluding tert-OH is 4. The number of rotatable bonds is 9. The average molecular weight is 308 g/mol. The lowest BCUT2D eigenvalue weighted by Gasteiger charge is -2.34. The number of aliphatic hydroxyl groups is 4. The van der Waals surface area contributed by atoms with Crippen LogP contribution in [0.5, 0.6) is 0 Å². The van der Waals surface area contributed by atoms with Gasteiger partial charge in [0, 0.05) is 0 Å². The minimum atomic E-state index is -1.82. The molecule has 9 nitrogen and oxygen atoms in total. The number of ether oxygens (including phenoxy) is 1. The van der Waals surface area contributed by atoms with E-state index in [1.807, 2.05) is 0 Å². The number of carboxylic acids is 1. The Balaban J connectivity index is 2.80. The van der Waals surface area contributed by atoms with Gasteiger partial charge in [0.05, 0.1) is 13.2 Å². The quantitative estimate of drug-likeness (QED) is 0.219. The van der Waals surface area contributed by atoms with Gasteiger partial charge in [-0.25, -0.2) is 0 Å². The molecule has 0 amide bonds. The van der Waals surface area contributed by atoms with E-state index in [1.165, 1.54) is 0 Å². The monoisotopic (exact) mass is 308 g/mol. The van der Waals surface area contributed by atoms with Gasteiger partial charge in [0.1, 0.15) is 24.4 Å². The highest BCUT2D eigenvalue weighted by atomic mass is 16.6. The van der Waals surface area contributed by atoms with Gasteiger partial charge >= 0.3 is 5.97 Å². The van der Waals surface area contributed by atoms with Crippen LogP contribution in [0.3, 0.4) is 0 Å². The van der Waals surface area contributed by atoms with Crippen LogP contribution in [0.25, 0.3) is 0 Å². The molecule has 1 aliphatic rings. The summed E-state index contributed by atoms with van der Waals surface area (Å²) in [6, 6.07) is -1.08. The zero-order valence-electron chi connectivity index (χ0n) is 11.7. The number of carboxylic acid groups (broad SMARTS) is 1. The van der Waals surface area contributed by atoms with Crippen molar-refractivity contribution in [2.75, 3.05) is 19.8 Å². The van der Waals surface area contributed by atoms with Crippen LogP contribution in [0.4, 0.5) is 0 Å². The maximum atomic E-state index is 11.3. The Kier molecular flexibility index (Phi) is 6.94. The Bertz CT molecular complexity index is 344. The smallest absolute Gasteiger partial charge is 0.320 e. The molecule has 1 rings (SSSR count). The van der Waals surface area contributed by atoms with Gasteiger partial charge in [0.2, 0.25) is 0 Å². The first-order valence-corrected chi connectivity index (χ1v) is 6.88. The Morgan fingerprint density at radius 3 is 2.43 bits per heavy atom. The molecule has 0 aromatic rings. The fraction of sp³-hybridized carbons (Fsp3) is 0.917. The van der Waals surface area contributed by atoms with Crippen LogP contribution >= 0.6 is 0 Å². The second kappa shape index (κ2) is 7.99. The van der Waals surface area contributed by atoms with Crippen LogP contribution in [0, 0.1) is 0 Å². The summed E-state index contributed by atoms with van der Waals surface area (Å²) in [6.07, 6.45) is -2.67. The maximum Gasteiger partial charge on any atom is 0.320 e. The third-order valence-electron chi connectivity index (χ3n) is 3.62. The van der Waals surface area contributed by atoms with E-state index in [1.54, 1.807) is 0 Å². The van der Waals surface area contributed by atoms with E-state index in [0.717, 1.165) is 0 Å². The summed E-state index contributed by atoms with van der Waals surface area (Å²) in [4.78, 5) is 11.3. The number of nitrogens with one attached hydrogen (secondary N) is 1. The normalized spacial score (nSPS) is 34.0. The van der Waals surface area contributed by atoms with Crippen LogP contribution in [-0.2, 0) is 9.53 Å². The van der Waals surface area contributed by atoms with Crippen LogP contribution in [-0.4, -0.2) is 81.3 Å². The largest absolute Gasteiger partial charge is 0.480 e. The summed E-state index contributed by atoms with van der Waals surface area (Å²) in [7, 11) is 0. The molecule has 1 aliphatic heterocycles. The van der Waals surface area contributed by atoms with E-state index in [-0.39, 0.29) is 6.42 Å². The average Bonchev–Trinajstić information content (AvgIpc) is 2.71. The second-order valence-electron chi connectivity index (χ2n) is 5.14. The number of hydrogen-bond acceptors (Lipinski definition) is 8. The Hall–Kier alpha value is -0.810. The van der Waals surface area contributed by atoms with Crippen LogP contribution in [0.2, 0.25) is 0 Å². The first-order valence-electron chi connectivity index (χ1n) is 6.88. The molecule has 0 spiro atoms. The Labute approximate surface area is 122 Å². The molecule has 124 valence electrons. The molecule has 0 saturated carbocycles. The fourth-order valence-corrected chi connectivity index (χ4v) is 2.37. The van der Waals surface area contributed by atoms with E-state index >= 15 is 0 Å². The molecule has 1 heterocycles. The van der Waals surface area contributed by atoms with Crippen molar-refractivity contribution in [2.24, 2.45) is 5.73 Å². The van der Waals surface area contributed by atoms with Gasteiger partial charge in [0.15, 0.2) is 5.72 Å². The summed E-state index contributed by atoms with van der Waals surface area (Å²) in [5.74, 6) is -1.17. The lowest BCUT2D eigenvalue weighted by atomic mass is 10.0. The maximum absolute atomic E-state index is 11.3. The molecule has 0 aliphatic carbocycles. The lowest BCUT2D eigenvalue weighted by Crippen LogP contribution is -2.62. The Morgan fingerprint density at radius 2 is 2.00 bits per heavy atom. The summed E-state index contributed by atoms with van der Waals surface area (Å²) < 4.78 is 5.26. The molecule has 0 radical (unpaired) electrons. The van der Waals surface area contributed by atoms with Crippen LogP contribution in [0.15, 0.2) is 0 Å². The van der Waals surface area contributed by atoms with Gasteiger partial charge < -0.3 is 36.0 Å². The van der Waals surface area contributed by atoms with E-state index in [4.69, 9.17) is 15.6 Å². The summed E-state index contributed by atoms with van der Waals surface area (Å²) >= 11 is 0. The molecule has 8 N–H and O–H groups in total. The number of aliphatic carboxylic acids is 1. The van der Waals surface area contributed by atoms with Crippen molar-refractivity contribution in [3.05, 3.63) is 0 Å². The molecule has 0 aromatic heterocycles. The molecule has 5 atom stereocenters. The minimum Gasteiger partial charge on any atom is -0.480 e. The molecule has 21 heavy (non-hydrogen) atoms. The summed E-state index contributed by atoms with van der Waals surface area (Å²) in [5, 5.41) is 50.0. The molecule has 1 unspecified atom stereocenters. The zero-order chi connectivity index (χ0) is 16.0. The SMILES string of the molecule is NCCCC[C@H](NC1(CO)O[C@H](CO)[C@@H](O)[C@@H]1O)C(=O)O. The highest BCUT2D eigenvalue weighted by Gasteiger charge is 2.54. The highest BCUT2D eigenvalue weighted by molar-refractivity contribution is 5.73. The third kappa shape index (κ3) is 4.10. The summed E-state index contributed by atoms with van der Waals surface area (Å²) in [6.45, 7) is -0.878. The fourth-order valence-electron chi connectivity index (χ4n) is 2.37. The van der Waals surface area contributed by atoms with Crippen molar-refractivity contribution in [3.8, 4) is 0 Å². The first-order chi connectivity index (χ1) is 9.91. The van der Waals surface area contributed by atoms with E-state index < -0.39 is 49.3 Å². The topological polar surface area (TPSA) is 166 Å². The van der Waals surface area contributed by atoms with Crippen LogP contribution in [0.1, 0.15) is 19.3 Å². The van der Waals surface area contributed by atoms with Gasteiger partial charge in [-0.05, 0) is 19.4 Å². The van der Waals surface area contributed by atoms with Crippen molar-refractivity contribution in [1.82, 2.24) is 5.32 Å². The standard InChI is InChI=1S/C12H24N2O7/c13-4-2-1-3-7(11(19)20)14-12(6-16)10(18)9(17)8(5-15)21-12/h7-10,14-18H,1-6,13H2,(H,19,20)/t7-,8+,9+,10-,12?/m0/s1. The third-order valence-corrected chi connectivity index (χ3v) is 3.62. The van der Waals surface area contributed by atoms with Crippen molar-refractivity contribution in [1.29, 1.82) is 0 Å². The van der Waals surface area contributed by atoms with Gasteiger partial charge in [-0.1, -0.05) is 6.42 Å². The number of nitrogens with two attached hydrogens (primary N) is 1. The highest BCUT2D eigenvalue weighted by Crippen LogP contribution is 2.29. The second-order valence-corrected chi connectivity index (χ2v) is 5.14. The van der Waals surface area contributed by atoms with Crippen LogP contribution < -0.4 is 11.1 Å². The number of carbonyl (C=O) groups is 1. The number of hydrogen-bond donors (Lipinski definition) is 7. The van der Waals surface area contributed by atoms with Gasteiger partial charge in [-0.15, -0.1) is 0 Å². The molecule has 0 bridgehead atoms. The summed E-state index contributed by atoms with van der Waals surface area (Å²) in [5.41, 5.74) is 3.53. The predicted molar refractivity (Wildman–Crippen MR) is 71.3 cm³/mol. The first kappa shape index (κ1) is 18.2. The Morgan fingerprint density at radius 1 is 1.33 bits per heavy atom. The minimum absolute atomic E-state index is 0.226. The van der Waals surface area contributed by atoms with Crippen molar-refractivity contribution in [2.45, 2.75) is 49.3 Å². The van der Waals surface area contributed by atoms with E-state index in [9.17, 15) is 25.2 Å². The molecule has 9 heteroatoms. The zero-order valence-corrected chi connectivity index (χ0v) is 11.7. The van der Waals surface area contributed by atoms with Gasteiger partial charge in [-0.2, -0.15) is 0 Å². The molecule has 0 aromatic carbocycles. The van der Waals surface area contributed by atoms with Gasteiger partial charge in [0.25, 0.3) is 0 Å². The van der Waals surface area contributed by atoms with E-state index in [0.29, 0.717) is 19.4 Å². The molecular formula is C12H24N2O7. The molecular weight excluding hydrogens is 284 g/mol. The molecule has 1 saturated heterocycles. The predicted octanol–water partition coefficient (Wildman–Crippen LogP) is -3.04. The van der Waals surface area contributed by atoms with Crippen molar-refractivity contribution < 1.29 is 35.1 Å². The van der Waals surface area contributed by atoms with E-state index in [2.05, 4.69) is 5.32 Å². The van der Waals surface area contributed by atoms with Crippen molar-refractivity contribution in [3.63, 3.8) is 0 Å². The number of unbranched alkanes of at least 4 members (excludes halogenated alkanes) is 1.